The molecule has 1 heterocycles. The van der Waals surface area contributed by atoms with E-state index < -0.39 is 11.7 Å². The predicted molar refractivity (Wildman–Crippen MR) is 95.2 cm³/mol. The minimum absolute atomic E-state index is 0.145. The van der Waals surface area contributed by atoms with Crippen molar-refractivity contribution in [1.29, 1.82) is 0 Å². The van der Waals surface area contributed by atoms with Crippen LogP contribution in [0.25, 0.3) is 0 Å². The third kappa shape index (κ3) is 5.96. The van der Waals surface area contributed by atoms with Gasteiger partial charge in [-0.25, -0.2) is 9.59 Å². The third-order valence-electron chi connectivity index (χ3n) is 4.13. The number of rotatable bonds is 3. The Kier molecular flexibility index (Phi) is 6.28. The standard InChI is InChI=1S/C19H28N2O4/c1-14-16(20-17(22)25-19(2,3)4)11-8-12-21(14)18(23)24-13-15-9-6-5-7-10-15/h5-7,9-10,14,16H,8,11-13H2,1-4H3,(H,20,22)/t14-,16-/m1/s1. The first-order chi connectivity index (χ1) is 11.8. The molecule has 0 saturated carbocycles. The maximum Gasteiger partial charge on any atom is 0.410 e. The van der Waals surface area contributed by atoms with Gasteiger partial charge in [0.25, 0.3) is 0 Å². The van der Waals surface area contributed by atoms with E-state index in [2.05, 4.69) is 5.32 Å². The highest BCUT2D eigenvalue weighted by atomic mass is 16.6. The van der Waals surface area contributed by atoms with Crippen molar-refractivity contribution < 1.29 is 19.1 Å². The molecule has 1 aliphatic rings. The van der Waals surface area contributed by atoms with Crippen LogP contribution in [0.1, 0.15) is 46.1 Å². The van der Waals surface area contributed by atoms with Gasteiger partial charge in [0.15, 0.2) is 0 Å². The number of carbonyl (C=O) groups excluding carboxylic acids is 2. The van der Waals surface area contributed by atoms with Gasteiger partial charge in [0.2, 0.25) is 0 Å². The molecule has 1 N–H and O–H groups in total. The number of likely N-dealkylation sites (tertiary alicyclic amines) is 1. The van der Waals surface area contributed by atoms with E-state index in [0.29, 0.717) is 6.54 Å². The fraction of sp³-hybridized carbons (Fsp3) is 0.579. The summed E-state index contributed by atoms with van der Waals surface area (Å²) >= 11 is 0. The van der Waals surface area contributed by atoms with Gasteiger partial charge in [0, 0.05) is 6.54 Å². The van der Waals surface area contributed by atoms with E-state index >= 15 is 0 Å². The minimum atomic E-state index is -0.545. The van der Waals surface area contributed by atoms with Crippen molar-refractivity contribution in [3.05, 3.63) is 35.9 Å². The predicted octanol–water partition coefficient (Wildman–Crippen LogP) is 3.70. The fourth-order valence-electron chi connectivity index (χ4n) is 2.86. The summed E-state index contributed by atoms with van der Waals surface area (Å²) in [5, 5.41) is 2.87. The average Bonchev–Trinajstić information content (AvgIpc) is 2.54. The van der Waals surface area contributed by atoms with Crippen molar-refractivity contribution >= 4 is 12.2 Å². The zero-order valence-electron chi connectivity index (χ0n) is 15.5. The lowest BCUT2D eigenvalue weighted by atomic mass is 9.98. The van der Waals surface area contributed by atoms with Crippen molar-refractivity contribution in [3.8, 4) is 0 Å². The maximum atomic E-state index is 12.4. The molecule has 1 aromatic rings. The van der Waals surface area contributed by atoms with Crippen molar-refractivity contribution in [2.24, 2.45) is 0 Å². The summed E-state index contributed by atoms with van der Waals surface area (Å²) in [5.41, 5.74) is 0.403. The van der Waals surface area contributed by atoms with Crippen LogP contribution in [0.15, 0.2) is 30.3 Å². The van der Waals surface area contributed by atoms with Crippen molar-refractivity contribution in [2.45, 2.75) is 64.8 Å². The van der Waals surface area contributed by atoms with Gasteiger partial charge >= 0.3 is 12.2 Å². The van der Waals surface area contributed by atoms with E-state index in [1.807, 2.05) is 58.0 Å². The van der Waals surface area contributed by atoms with E-state index in [9.17, 15) is 9.59 Å². The van der Waals surface area contributed by atoms with Gasteiger partial charge in [-0.1, -0.05) is 30.3 Å². The van der Waals surface area contributed by atoms with Gasteiger partial charge in [-0.2, -0.15) is 0 Å². The first-order valence-electron chi connectivity index (χ1n) is 8.73. The van der Waals surface area contributed by atoms with Crippen LogP contribution in [0.2, 0.25) is 0 Å². The van der Waals surface area contributed by atoms with E-state index in [1.54, 1.807) is 4.90 Å². The molecule has 2 rings (SSSR count). The Hall–Kier alpha value is -2.24. The van der Waals surface area contributed by atoms with Crippen LogP contribution in [-0.4, -0.2) is 41.3 Å². The molecule has 0 unspecified atom stereocenters. The lowest BCUT2D eigenvalue weighted by Gasteiger charge is -2.39. The van der Waals surface area contributed by atoms with E-state index in [0.717, 1.165) is 18.4 Å². The number of ether oxygens (including phenoxy) is 2. The summed E-state index contributed by atoms with van der Waals surface area (Å²) in [5.74, 6) is 0. The molecule has 2 amide bonds. The molecule has 1 aromatic carbocycles. The Morgan fingerprint density at radius 2 is 1.92 bits per heavy atom. The first kappa shape index (κ1) is 19.1. The summed E-state index contributed by atoms with van der Waals surface area (Å²) in [4.78, 5) is 26.1. The number of hydrogen-bond donors (Lipinski definition) is 1. The number of amides is 2. The molecule has 6 nitrogen and oxygen atoms in total. The molecular formula is C19H28N2O4. The molecule has 1 saturated heterocycles. The number of nitrogens with one attached hydrogen (secondary N) is 1. The highest BCUT2D eigenvalue weighted by molar-refractivity contribution is 5.70. The number of hydrogen-bond acceptors (Lipinski definition) is 4. The Bertz CT molecular complexity index is 583. The SMILES string of the molecule is C[C@@H]1[C@H](NC(=O)OC(C)(C)C)CCCN1C(=O)OCc1ccccc1. The molecule has 0 aromatic heterocycles. The lowest BCUT2D eigenvalue weighted by Crippen LogP contribution is -2.56. The van der Waals surface area contributed by atoms with Crippen LogP contribution in [-0.2, 0) is 16.1 Å². The van der Waals surface area contributed by atoms with Crippen LogP contribution in [0.4, 0.5) is 9.59 Å². The quantitative estimate of drug-likeness (QED) is 0.904. The lowest BCUT2D eigenvalue weighted by molar-refractivity contribution is 0.0371. The summed E-state index contributed by atoms with van der Waals surface area (Å²) in [6, 6.07) is 9.28. The number of nitrogens with zero attached hydrogens (tertiary/aromatic N) is 1. The van der Waals surface area contributed by atoms with E-state index in [1.165, 1.54) is 0 Å². The molecule has 2 atom stereocenters. The molecule has 0 aliphatic carbocycles. The summed E-state index contributed by atoms with van der Waals surface area (Å²) in [7, 11) is 0. The molecule has 0 spiro atoms. The molecule has 1 aliphatic heterocycles. The number of piperidine rings is 1. The Morgan fingerprint density at radius 3 is 2.56 bits per heavy atom. The zero-order valence-corrected chi connectivity index (χ0v) is 15.5. The Labute approximate surface area is 149 Å². The number of benzene rings is 1. The highest BCUT2D eigenvalue weighted by Crippen LogP contribution is 2.20. The monoisotopic (exact) mass is 348 g/mol. The summed E-state index contributed by atoms with van der Waals surface area (Å²) < 4.78 is 10.7. The largest absolute Gasteiger partial charge is 0.445 e. The molecule has 1 fully saturated rings. The third-order valence-corrected chi connectivity index (χ3v) is 4.13. The summed E-state index contributed by atoms with van der Waals surface area (Å²) in [6.07, 6.45) is 0.810. The van der Waals surface area contributed by atoms with Crippen molar-refractivity contribution in [3.63, 3.8) is 0 Å². The smallest absolute Gasteiger partial charge is 0.410 e. The van der Waals surface area contributed by atoms with Gasteiger partial charge in [-0.3, -0.25) is 0 Å². The van der Waals surface area contributed by atoms with Crippen LogP contribution < -0.4 is 5.32 Å². The molecule has 25 heavy (non-hydrogen) atoms. The molecule has 6 heteroatoms. The normalized spacial score (nSPS) is 20.7. The second-order valence-corrected chi connectivity index (χ2v) is 7.37. The zero-order chi connectivity index (χ0) is 18.4. The average molecular weight is 348 g/mol. The van der Waals surface area contributed by atoms with Crippen LogP contribution in [0.5, 0.6) is 0 Å². The molecule has 138 valence electrons. The van der Waals surface area contributed by atoms with Crippen LogP contribution in [0.3, 0.4) is 0 Å². The number of carbonyl (C=O) groups is 2. The first-order valence-corrected chi connectivity index (χ1v) is 8.73. The topological polar surface area (TPSA) is 67.9 Å². The Balaban J connectivity index is 1.88. The highest BCUT2D eigenvalue weighted by Gasteiger charge is 2.33. The number of alkyl carbamates (subject to hydrolysis) is 1. The minimum Gasteiger partial charge on any atom is -0.445 e. The van der Waals surface area contributed by atoms with Crippen LogP contribution >= 0.6 is 0 Å². The van der Waals surface area contributed by atoms with Crippen molar-refractivity contribution in [2.75, 3.05) is 6.54 Å². The van der Waals surface area contributed by atoms with Gasteiger partial charge in [0.1, 0.15) is 12.2 Å². The van der Waals surface area contributed by atoms with Gasteiger partial charge < -0.3 is 19.7 Å². The molecule has 0 radical (unpaired) electrons. The second-order valence-electron chi connectivity index (χ2n) is 7.37. The Morgan fingerprint density at radius 1 is 1.24 bits per heavy atom. The van der Waals surface area contributed by atoms with E-state index in [-0.39, 0.29) is 24.8 Å². The van der Waals surface area contributed by atoms with Gasteiger partial charge in [-0.05, 0) is 46.1 Å². The molecular weight excluding hydrogens is 320 g/mol. The van der Waals surface area contributed by atoms with E-state index in [4.69, 9.17) is 9.47 Å². The van der Waals surface area contributed by atoms with Crippen molar-refractivity contribution in [1.82, 2.24) is 10.2 Å². The maximum absolute atomic E-state index is 12.4. The second kappa shape index (κ2) is 8.23. The van der Waals surface area contributed by atoms with Gasteiger partial charge in [-0.15, -0.1) is 0 Å². The molecule has 0 bridgehead atoms. The van der Waals surface area contributed by atoms with Crippen LogP contribution in [0, 0.1) is 0 Å². The summed E-state index contributed by atoms with van der Waals surface area (Å²) in [6.45, 7) is 8.26. The fourth-order valence-corrected chi connectivity index (χ4v) is 2.86. The van der Waals surface area contributed by atoms with Gasteiger partial charge in [0.05, 0.1) is 12.1 Å².